The molecule has 0 unspecified atom stereocenters. The van der Waals surface area contributed by atoms with Gasteiger partial charge in [-0.15, -0.1) is 0 Å². The van der Waals surface area contributed by atoms with Gasteiger partial charge in [0.2, 0.25) is 5.91 Å². The Labute approximate surface area is 140 Å². The molecule has 1 rings (SSSR count). The third-order valence-corrected chi connectivity index (χ3v) is 2.95. The molecular formula is C16H22N4O4. The lowest BCUT2D eigenvalue weighted by molar-refractivity contribution is -0.139. The molecule has 0 spiro atoms. The fraction of sp³-hybridized carbons (Fsp3) is 0.375. The normalized spacial score (nSPS) is 10.8. The van der Waals surface area contributed by atoms with E-state index in [4.69, 9.17) is 5.11 Å². The fourth-order valence-electron chi connectivity index (χ4n) is 1.77. The summed E-state index contributed by atoms with van der Waals surface area (Å²) < 4.78 is 0. The van der Waals surface area contributed by atoms with Gasteiger partial charge < -0.3 is 15.7 Å². The number of hydrogen-bond donors (Lipinski definition) is 4. The summed E-state index contributed by atoms with van der Waals surface area (Å²) in [5.74, 6) is -2.06. The van der Waals surface area contributed by atoms with Crippen LogP contribution in [-0.2, 0) is 20.8 Å². The van der Waals surface area contributed by atoms with Gasteiger partial charge in [-0.25, -0.2) is 5.43 Å². The van der Waals surface area contributed by atoms with Gasteiger partial charge >= 0.3 is 11.8 Å². The largest absolute Gasteiger partial charge is 0.395 e. The number of carbonyl (C=O) groups excluding carboxylic acids is 3. The third kappa shape index (κ3) is 8.04. The van der Waals surface area contributed by atoms with Crippen LogP contribution in [0.4, 0.5) is 0 Å². The molecule has 0 aliphatic carbocycles. The van der Waals surface area contributed by atoms with Gasteiger partial charge in [0.1, 0.15) is 0 Å². The molecule has 8 nitrogen and oxygen atoms in total. The zero-order valence-corrected chi connectivity index (χ0v) is 13.5. The van der Waals surface area contributed by atoms with Crippen molar-refractivity contribution in [2.24, 2.45) is 5.10 Å². The molecule has 0 bridgehead atoms. The van der Waals surface area contributed by atoms with E-state index in [-0.39, 0.29) is 25.5 Å². The van der Waals surface area contributed by atoms with Crippen LogP contribution >= 0.6 is 0 Å². The summed E-state index contributed by atoms with van der Waals surface area (Å²) in [6.07, 6.45) is 0.748. The minimum absolute atomic E-state index is 0.0151. The predicted octanol–water partition coefficient (Wildman–Crippen LogP) is -0.664. The van der Waals surface area contributed by atoms with Crippen LogP contribution in [0.25, 0.3) is 0 Å². The SMILES string of the molecule is C/C(CC(=O)NCCc1ccccc1)=N\NC(=O)C(=O)NCCO. The minimum atomic E-state index is -0.952. The van der Waals surface area contributed by atoms with Crippen molar-refractivity contribution < 1.29 is 19.5 Å². The van der Waals surface area contributed by atoms with Crippen LogP contribution in [0.15, 0.2) is 35.4 Å². The van der Waals surface area contributed by atoms with E-state index in [1.807, 2.05) is 30.3 Å². The van der Waals surface area contributed by atoms with Crippen LogP contribution in [0.2, 0.25) is 0 Å². The average Bonchev–Trinajstić information content (AvgIpc) is 2.58. The number of rotatable bonds is 8. The maximum atomic E-state index is 11.8. The number of nitrogens with one attached hydrogen (secondary N) is 3. The van der Waals surface area contributed by atoms with Crippen LogP contribution < -0.4 is 16.1 Å². The number of nitrogens with zero attached hydrogens (tertiary/aromatic N) is 1. The number of aliphatic hydroxyl groups is 1. The van der Waals surface area contributed by atoms with Gasteiger partial charge in [0, 0.05) is 18.8 Å². The van der Waals surface area contributed by atoms with E-state index in [9.17, 15) is 14.4 Å². The van der Waals surface area contributed by atoms with E-state index < -0.39 is 11.8 Å². The van der Waals surface area contributed by atoms with Gasteiger partial charge in [-0.1, -0.05) is 30.3 Å². The maximum absolute atomic E-state index is 11.8. The Hall–Kier alpha value is -2.74. The first-order valence-corrected chi connectivity index (χ1v) is 7.55. The third-order valence-electron chi connectivity index (χ3n) is 2.95. The van der Waals surface area contributed by atoms with E-state index in [0.717, 1.165) is 12.0 Å². The summed E-state index contributed by atoms with van der Waals surface area (Å²) in [5, 5.41) is 17.2. The lowest BCUT2D eigenvalue weighted by atomic mass is 10.1. The van der Waals surface area contributed by atoms with E-state index in [2.05, 4.69) is 21.2 Å². The van der Waals surface area contributed by atoms with Gasteiger partial charge in [-0.05, 0) is 18.9 Å². The molecule has 0 saturated carbocycles. The first-order chi connectivity index (χ1) is 11.5. The molecule has 0 aliphatic rings. The molecule has 0 saturated heterocycles. The van der Waals surface area contributed by atoms with Crippen molar-refractivity contribution in [3.8, 4) is 0 Å². The van der Waals surface area contributed by atoms with Gasteiger partial charge in [0.15, 0.2) is 0 Å². The number of amides is 3. The topological polar surface area (TPSA) is 120 Å². The molecule has 1 aromatic carbocycles. The second kappa shape index (κ2) is 10.9. The highest BCUT2D eigenvalue weighted by Gasteiger charge is 2.12. The second-order valence-corrected chi connectivity index (χ2v) is 5.03. The van der Waals surface area contributed by atoms with Crippen LogP contribution in [-0.4, -0.2) is 48.2 Å². The van der Waals surface area contributed by atoms with Crippen molar-refractivity contribution >= 4 is 23.4 Å². The van der Waals surface area contributed by atoms with Crippen molar-refractivity contribution in [2.45, 2.75) is 19.8 Å². The molecule has 24 heavy (non-hydrogen) atoms. The number of aliphatic hydroxyl groups excluding tert-OH is 1. The molecule has 0 atom stereocenters. The quantitative estimate of drug-likeness (QED) is 0.286. The van der Waals surface area contributed by atoms with Crippen LogP contribution in [0.3, 0.4) is 0 Å². The zero-order chi connectivity index (χ0) is 17.8. The molecule has 3 amide bonds. The molecule has 0 aromatic heterocycles. The Morgan fingerprint density at radius 3 is 2.42 bits per heavy atom. The standard InChI is InChI=1S/C16H22N4O4/c1-12(19-20-16(24)15(23)18-9-10-21)11-14(22)17-8-7-13-5-3-2-4-6-13/h2-6,21H,7-11H2,1H3,(H,17,22)(H,18,23)(H,20,24)/b19-12+. The summed E-state index contributed by atoms with van der Waals surface area (Å²) >= 11 is 0. The smallest absolute Gasteiger partial charge is 0.329 e. The van der Waals surface area contributed by atoms with E-state index >= 15 is 0 Å². The molecule has 130 valence electrons. The lowest BCUT2D eigenvalue weighted by Crippen LogP contribution is -2.39. The second-order valence-electron chi connectivity index (χ2n) is 5.03. The zero-order valence-electron chi connectivity index (χ0n) is 13.5. The summed E-state index contributed by atoms with van der Waals surface area (Å²) in [6, 6.07) is 9.77. The lowest BCUT2D eigenvalue weighted by Gasteiger charge is -2.06. The van der Waals surface area contributed by atoms with Crippen molar-refractivity contribution in [3.05, 3.63) is 35.9 Å². The Bertz CT molecular complexity index is 587. The fourth-order valence-corrected chi connectivity index (χ4v) is 1.77. The molecule has 4 N–H and O–H groups in total. The highest BCUT2D eigenvalue weighted by atomic mass is 16.3. The van der Waals surface area contributed by atoms with Gasteiger partial charge in [0.25, 0.3) is 0 Å². The Balaban J connectivity index is 2.27. The van der Waals surface area contributed by atoms with Crippen molar-refractivity contribution in [1.29, 1.82) is 0 Å². The molecule has 0 radical (unpaired) electrons. The molecule has 0 heterocycles. The minimum Gasteiger partial charge on any atom is -0.395 e. The van der Waals surface area contributed by atoms with E-state index in [0.29, 0.717) is 12.3 Å². The van der Waals surface area contributed by atoms with Crippen LogP contribution in [0.5, 0.6) is 0 Å². The molecule has 8 heteroatoms. The Morgan fingerprint density at radius 1 is 1.04 bits per heavy atom. The van der Waals surface area contributed by atoms with E-state index in [1.54, 1.807) is 6.92 Å². The molecule has 0 fully saturated rings. The number of benzene rings is 1. The summed E-state index contributed by atoms with van der Waals surface area (Å²) in [6.45, 7) is 1.80. The van der Waals surface area contributed by atoms with Crippen molar-refractivity contribution in [1.82, 2.24) is 16.1 Å². The Kier molecular flexibility index (Phi) is 8.77. The van der Waals surface area contributed by atoms with Gasteiger partial charge in [0.05, 0.1) is 13.0 Å². The van der Waals surface area contributed by atoms with Gasteiger partial charge in [-0.3, -0.25) is 14.4 Å². The first kappa shape index (κ1) is 19.3. The number of hydrogen-bond acceptors (Lipinski definition) is 5. The first-order valence-electron chi connectivity index (χ1n) is 7.55. The maximum Gasteiger partial charge on any atom is 0.329 e. The van der Waals surface area contributed by atoms with Crippen LogP contribution in [0, 0.1) is 0 Å². The monoisotopic (exact) mass is 334 g/mol. The highest BCUT2D eigenvalue weighted by molar-refractivity contribution is 6.35. The summed E-state index contributed by atoms with van der Waals surface area (Å²) in [5.41, 5.74) is 3.55. The Morgan fingerprint density at radius 2 is 1.75 bits per heavy atom. The van der Waals surface area contributed by atoms with Crippen LogP contribution in [0.1, 0.15) is 18.9 Å². The summed E-state index contributed by atoms with van der Waals surface area (Å²) in [4.78, 5) is 34.3. The molecular weight excluding hydrogens is 312 g/mol. The van der Waals surface area contributed by atoms with Gasteiger partial charge in [-0.2, -0.15) is 5.10 Å². The van der Waals surface area contributed by atoms with E-state index in [1.165, 1.54) is 0 Å². The highest BCUT2D eigenvalue weighted by Crippen LogP contribution is 1.98. The molecule has 0 aliphatic heterocycles. The molecule has 1 aromatic rings. The number of carbonyl (C=O) groups is 3. The predicted molar refractivity (Wildman–Crippen MR) is 89.1 cm³/mol. The number of hydrazone groups is 1. The van der Waals surface area contributed by atoms with Crippen molar-refractivity contribution in [3.63, 3.8) is 0 Å². The van der Waals surface area contributed by atoms with Crippen molar-refractivity contribution in [2.75, 3.05) is 19.7 Å². The summed E-state index contributed by atoms with van der Waals surface area (Å²) in [7, 11) is 0. The average molecular weight is 334 g/mol.